The lowest BCUT2D eigenvalue weighted by molar-refractivity contribution is -0.140. The van der Waals surface area contributed by atoms with Gasteiger partial charge in [0.1, 0.15) is 5.65 Å². The predicted molar refractivity (Wildman–Crippen MR) is 63.5 cm³/mol. The van der Waals surface area contributed by atoms with E-state index in [1.165, 1.54) is 7.11 Å². The van der Waals surface area contributed by atoms with Gasteiger partial charge in [0.25, 0.3) is 0 Å². The Hall–Kier alpha value is -1.49. The van der Waals surface area contributed by atoms with Gasteiger partial charge < -0.3 is 9.72 Å². The summed E-state index contributed by atoms with van der Waals surface area (Å²) in [4.78, 5) is 19.4. The lowest BCUT2D eigenvalue weighted by atomic mass is 10.3. The van der Waals surface area contributed by atoms with Crippen molar-refractivity contribution >= 4 is 28.8 Å². The number of nitrogens with zero attached hydrogens (tertiary/aromatic N) is 1. The third-order valence-corrected chi connectivity index (χ3v) is 3.29. The van der Waals surface area contributed by atoms with Crippen LogP contribution in [0.1, 0.15) is 6.42 Å². The van der Waals surface area contributed by atoms with E-state index in [9.17, 15) is 4.79 Å². The number of methoxy groups -OCH3 is 1. The maximum Gasteiger partial charge on any atom is 0.306 e. The minimum absolute atomic E-state index is 0.174. The van der Waals surface area contributed by atoms with Crippen molar-refractivity contribution in [1.29, 1.82) is 0 Å². The Labute approximate surface area is 97.4 Å². The van der Waals surface area contributed by atoms with Crippen molar-refractivity contribution in [3.8, 4) is 0 Å². The van der Waals surface area contributed by atoms with Crippen LogP contribution in [0, 0.1) is 0 Å². The highest BCUT2D eigenvalue weighted by Gasteiger charge is 2.05. The Morgan fingerprint density at radius 2 is 2.44 bits per heavy atom. The summed E-state index contributed by atoms with van der Waals surface area (Å²) in [5.41, 5.74) is 0.878. The fourth-order valence-electron chi connectivity index (χ4n) is 1.41. The van der Waals surface area contributed by atoms with E-state index in [1.54, 1.807) is 18.0 Å². The topological polar surface area (TPSA) is 55.0 Å². The Morgan fingerprint density at radius 1 is 1.56 bits per heavy atom. The third-order valence-electron chi connectivity index (χ3n) is 2.21. The van der Waals surface area contributed by atoms with Crippen molar-refractivity contribution in [2.75, 3.05) is 12.9 Å². The second-order valence-electron chi connectivity index (χ2n) is 3.22. The number of rotatable bonds is 4. The fraction of sp³-hybridized carbons (Fsp3) is 0.273. The molecule has 0 radical (unpaired) electrons. The lowest BCUT2D eigenvalue weighted by Crippen LogP contribution is -2.00. The molecule has 1 N–H and O–H groups in total. The lowest BCUT2D eigenvalue weighted by Gasteiger charge is -2.02. The van der Waals surface area contributed by atoms with Gasteiger partial charge in [0, 0.05) is 28.4 Å². The molecule has 2 aromatic heterocycles. The van der Waals surface area contributed by atoms with Crippen LogP contribution < -0.4 is 0 Å². The number of pyridine rings is 1. The Kier molecular flexibility index (Phi) is 3.46. The number of hydrogen-bond donors (Lipinski definition) is 1. The Balaban J connectivity index is 2.04. The minimum atomic E-state index is -0.174. The monoisotopic (exact) mass is 236 g/mol. The highest BCUT2D eigenvalue weighted by molar-refractivity contribution is 7.99. The third kappa shape index (κ3) is 2.36. The smallest absolute Gasteiger partial charge is 0.306 e. The normalized spacial score (nSPS) is 10.6. The summed E-state index contributed by atoms with van der Waals surface area (Å²) in [5, 5.41) is 1.09. The maximum atomic E-state index is 11.0. The summed E-state index contributed by atoms with van der Waals surface area (Å²) < 4.78 is 4.59. The summed E-state index contributed by atoms with van der Waals surface area (Å²) in [5.74, 6) is 0.545. The van der Waals surface area contributed by atoms with Gasteiger partial charge in [-0.05, 0) is 12.1 Å². The number of ether oxygens (including phenoxy) is 1. The molecule has 2 aromatic rings. The molecule has 0 spiro atoms. The van der Waals surface area contributed by atoms with Crippen LogP contribution in [0.3, 0.4) is 0 Å². The number of aromatic nitrogens is 2. The van der Waals surface area contributed by atoms with Gasteiger partial charge in [-0.3, -0.25) is 4.79 Å². The van der Waals surface area contributed by atoms with E-state index in [0.717, 1.165) is 21.7 Å². The van der Waals surface area contributed by atoms with Gasteiger partial charge >= 0.3 is 5.97 Å². The average Bonchev–Trinajstić information content (AvgIpc) is 2.77. The minimum Gasteiger partial charge on any atom is -0.469 e. The number of fused-ring (bicyclic) bond motifs is 1. The fourth-order valence-corrected chi connectivity index (χ4v) is 2.37. The number of H-pyrrole nitrogens is 1. The standard InChI is InChI=1S/C11H12N2O2S/c1-15-10(14)4-7-16-9-3-6-13-11-8(9)2-5-12-11/h2-3,5-6H,4,7H2,1H3,(H,12,13). The molecular weight excluding hydrogens is 224 g/mol. The molecule has 16 heavy (non-hydrogen) atoms. The Bertz CT molecular complexity index is 495. The summed E-state index contributed by atoms with van der Waals surface area (Å²) >= 11 is 1.64. The predicted octanol–water partition coefficient (Wildman–Crippen LogP) is 2.22. The van der Waals surface area contributed by atoms with Gasteiger partial charge in [-0.15, -0.1) is 11.8 Å². The second-order valence-corrected chi connectivity index (χ2v) is 4.36. The van der Waals surface area contributed by atoms with Crippen molar-refractivity contribution in [3.63, 3.8) is 0 Å². The molecule has 0 aliphatic rings. The van der Waals surface area contributed by atoms with Crippen molar-refractivity contribution in [1.82, 2.24) is 9.97 Å². The molecule has 0 aliphatic heterocycles. The quantitative estimate of drug-likeness (QED) is 0.653. The van der Waals surface area contributed by atoms with Gasteiger partial charge in [-0.2, -0.15) is 0 Å². The van der Waals surface area contributed by atoms with Crippen molar-refractivity contribution in [2.45, 2.75) is 11.3 Å². The first kappa shape index (κ1) is 11.0. The summed E-state index contributed by atoms with van der Waals surface area (Å²) in [7, 11) is 1.41. The van der Waals surface area contributed by atoms with Crippen molar-refractivity contribution in [2.24, 2.45) is 0 Å². The van der Waals surface area contributed by atoms with Crippen LogP contribution in [0.2, 0.25) is 0 Å². The molecule has 84 valence electrons. The first-order chi connectivity index (χ1) is 7.81. The van der Waals surface area contributed by atoms with Gasteiger partial charge in [-0.25, -0.2) is 4.98 Å². The zero-order valence-corrected chi connectivity index (χ0v) is 9.71. The molecule has 0 saturated carbocycles. The number of esters is 1. The van der Waals surface area contributed by atoms with Crippen LogP contribution in [-0.4, -0.2) is 28.8 Å². The number of thioether (sulfide) groups is 1. The van der Waals surface area contributed by atoms with Gasteiger partial charge in [0.05, 0.1) is 13.5 Å². The van der Waals surface area contributed by atoms with Crippen molar-refractivity contribution < 1.29 is 9.53 Å². The maximum absolute atomic E-state index is 11.0. The molecule has 5 heteroatoms. The van der Waals surface area contributed by atoms with Crippen LogP contribution in [0.4, 0.5) is 0 Å². The molecule has 0 fully saturated rings. The summed E-state index contributed by atoms with van der Waals surface area (Å²) in [6.07, 6.45) is 4.05. The number of hydrogen-bond acceptors (Lipinski definition) is 4. The molecule has 2 heterocycles. The number of carbonyl (C=O) groups is 1. The molecule has 2 rings (SSSR count). The largest absolute Gasteiger partial charge is 0.469 e. The molecule has 0 bridgehead atoms. The highest BCUT2D eigenvalue weighted by Crippen LogP contribution is 2.26. The van der Waals surface area contributed by atoms with Crippen LogP contribution in [0.25, 0.3) is 11.0 Å². The first-order valence-electron chi connectivity index (χ1n) is 4.93. The van der Waals surface area contributed by atoms with E-state index in [4.69, 9.17) is 0 Å². The molecule has 4 nitrogen and oxygen atoms in total. The highest BCUT2D eigenvalue weighted by atomic mass is 32.2. The zero-order chi connectivity index (χ0) is 11.4. The van der Waals surface area contributed by atoms with E-state index >= 15 is 0 Å². The second kappa shape index (κ2) is 5.03. The van der Waals surface area contributed by atoms with Gasteiger partial charge in [0.2, 0.25) is 0 Å². The molecule has 0 atom stereocenters. The van der Waals surface area contributed by atoms with E-state index in [1.807, 2.05) is 18.3 Å². The van der Waals surface area contributed by atoms with Crippen LogP contribution in [0.5, 0.6) is 0 Å². The molecule has 0 saturated heterocycles. The number of carbonyl (C=O) groups excluding carboxylic acids is 1. The van der Waals surface area contributed by atoms with E-state index in [2.05, 4.69) is 14.7 Å². The average molecular weight is 236 g/mol. The van der Waals surface area contributed by atoms with Crippen LogP contribution in [0.15, 0.2) is 29.4 Å². The summed E-state index contributed by atoms with van der Waals surface area (Å²) in [6.45, 7) is 0. The van der Waals surface area contributed by atoms with E-state index in [0.29, 0.717) is 6.42 Å². The van der Waals surface area contributed by atoms with Gasteiger partial charge in [0.15, 0.2) is 0 Å². The summed E-state index contributed by atoms with van der Waals surface area (Å²) in [6, 6.07) is 3.95. The zero-order valence-electron chi connectivity index (χ0n) is 8.90. The SMILES string of the molecule is COC(=O)CCSc1ccnc2[nH]ccc12. The van der Waals surface area contributed by atoms with E-state index < -0.39 is 0 Å². The molecular formula is C11H12N2O2S. The van der Waals surface area contributed by atoms with E-state index in [-0.39, 0.29) is 5.97 Å². The number of nitrogens with one attached hydrogen (secondary N) is 1. The molecule has 0 aromatic carbocycles. The molecule has 0 amide bonds. The van der Waals surface area contributed by atoms with Crippen molar-refractivity contribution in [3.05, 3.63) is 24.5 Å². The van der Waals surface area contributed by atoms with Gasteiger partial charge in [-0.1, -0.05) is 0 Å². The first-order valence-corrected chi connectivity index (χ1v) is 5.91. The Morgan fingerprint density at radius 3 is 3.25 bits per heavy atom. The number of aromatic amines is 1. The van der Waals surface area contributed by atoms with Crippen LogP contribution >= 0.6 is 11.8 Å². The molecule has 0 aliphatic carbocycles. The molecule has 0 unspecified atom stereocenters. The van der Waals surface area contributed by atoms with Crippen LogP contribution in [-0.2, 0) is 9.53 Å².